The van der Waals surface area contributed by atoms with Crippen LogP contribution >= 0.6 is 23.1 Å². The van der Waals surface area contributed by atoms with Crippen LogP contribution in [0.4, 0.5) is 5.95 Å². The molecule has 0 unspecified atom stereocenters. The summed E-state index contributed by atoms with van der Waals surface area (Å²) in [4.78, 5) is 10.3. The summed E-state index contributed by atoms with van der Waals surface area (Å²) in [5, 5.41) is 13.8. The lowest BCUT2D eigenvalue weighted by molar-refractivity contribution is 0.273. The van der Waals surface area contributed by atoms with Crippen LogP contribution in [0, 0.1) is 0 Å². The lowest BCUT2D eigenvalue weighted by Crippen LogP contribution is -2.27. The maximum atomic E-state index is 9.85. The topological polar surface area (TPSA) is 73.8 Å². The SMILES string of the molecule is OC[C@@H](Cc1ccccc1)Nc1nc(-c2c[nH]s2)cc(-c2ccccc2Cl)n1. The minimum Gasteiger partial charge on any atom is -0.394 e. The van der Waals surface area contributed by atoms with Gasteiger partial charge < -0.3 is 14.8 Å². The number of halogens is 1. The van der Waals surface area contributed by atoms with E-state index in [1.165, 1.54) is 11.5 Å². The molecule has 0 aliphatic rings. The van der Waals surface area contributed by atoms with Crippen molar-refractivity contribution in [1.29, 1.82) is 0 Å². The number of aromatic amines is 1. The molecule has 5 nitrogen and oxygen atoms in total. The minimum atomic E-state index is -0.196. The average Bonchev–Trinajstić information content (AvgIpc) is 2.67. The van der Waals surface area contributed by atoms with E-state index in [-0.39, 0.29) is 12.6 Å². The molecule has 0 radical (unpaired) electrons. The van der Waals surface area contributed by atoms with Crippen LogP contribution in [0.5, 0.6) is 0 Å². The predicted molar refractivity (Wildman–Crippen MR) is 115 cm³/mol. The first-order valence-electron chi connectivity index (χ1n) is 8.91. The molecule has 0 fully saturated rings. The number of hydrogen-bond acceptors (Lipinski definition) is 5. The van der Waals surface area contributed by atoms with Crippen molar-refractivity contribution in [1.82, 2.24) is 14.3 Å². The van der Waals surface area contributed by atoms with E-state index < -0.39 is 0 Å². The van der Waals surface area contributed by atoms with Crippen LogP contribution in [0.15, 0.2) is 66.9 Å². The van der Waals surface area contributed by atoms with Crippen LogP contribution in [0.25, 0.3) is 21.8 Å². The van der Waals surface area contributed by atoms with E-state index >= 15 is 0 Å². The fraction of sp³-hybridized carbons (Fsp3) is 0.143. The van der Waals surface area contributed by atoms with Gasteiger partial charge in [0.25, 0.3) is 0 Å². The van der Waals surface area contributed by atoms with Gasteiger partial charge in [0, 0.05) is 16.8 Å². The van der Waals surface area contributed by atoms with Crippen LogP contribution < -0.4 is 5.32 Å². The van der Waals surface area contributed by atoms with Crippen molar-refractivity contribution >= 4 is 29.1 Å². The highest BCUT2D eigenvalue weighted by Gasteiger charge is 2.15. The maximum absolute atomic E-state index is 9.85. The first-order chi connectivity index (χ1) is 13.7. The van der Waals surface area contributed by atoms with Crippen LogP contribution in [-0.2, 0) is 6.42 Å². The van der Waals surface area contributed by atoms with E-state index in [0.717, 1.165) is 27.4 Å². The molecule has 0 saturated carbocycles. The fourth-order valence-electron chi connectivity index (χ4n) is 2.93. The summed E-state index contributed by atoms with van der Waals surface area (Å²) < 4.78 is 3.04. The van der Waals surface area contributed by atoms with E-state index in [2.05, 4.69) is 19.7 Å². The Balaban J connectivity index is 1.66. The number of nitrogens with one attached hydrogen (secondary N) is 2. The van der Waals surface area contributed by atoms with Crippen molar-refractivity contribution in [3.8, 4) is 21.8 Å². The van der Waals surface area contributed by atoms with Gasteiger partial charge in [0.05, 0.1) is 28.9 Å². The lowest BCUT2D eigenvalue weighted by atomic mass is 10.1. The van der Waals surface area contributed by atoms with E-state index in [1.54, 1.807) is 0 Å². The molecule has 0 spiro atoms. The molecule has 0 aliphatic heterocycles. The van der Waals surface area contributed by atoms with Gasteiger partial charge in [-0.3, -0.25) is 0 Å². The van der Waals surface area contributed by atoms with Crippen molar-refractivity contribution in [2.24, 2.45) is 0 Å². The molecule has 0 amide bonds. The molecule has 0 saturated heterocycles. The number of nitrogens with zero attached hydrogens (tertiary/aromatic N) is 2. The molecule has 2 heterocycles. The molecule has 0 bridgehead atoms. The molecule has 7 heteroatoms. The van der Waals surface area contributed by atoms with E-state index in [0.29, 0.717) is 17.4 Å². The normalized spacial score (nSPS) is 12.1. The number of hydrogen-bond donors (Lipinski definition) is 3. The van der Waals surface area contributed by atoms with Crippen molar-refractivity contribution in [2.45, 2.75) is 12.5 Å². The Labute approximate surface area is 172 Å². The van der Waals surface area contributed by atoms with E-state index in [9.17, 15) is 5.11 Å². The second kappa shape index (κ2) is 8.56. The van der Waals surface area contributed by atoms with Crippen LogP contribution in [0.2, 0.25) is 5.02 Å². The van der Waals surface area contributed by atoms with Crippen molar-refractivity contribution < 1.29 is 5.11 Å². The number of rotatable bonds is 7. The Morgan fingerprint density at radius 3 is 2.43 bits per heavy atom. The Morgan fingerprint density at radius 1 is 1.04 bits per heavy atom. The monoisotopic (exact) mass is 410 g/mol. The van der Waals surface area contributed by atoms with Gasteiger partial charge in [-0.25, -0.2) is 9.97 Å². The van der Waals surface area contributed by atoms with E-state index in [1.807, 2.05) is 66.9 Å². The minimum absolute atomic E-state index is 0.0249. The van der Waals surface area contributed by atoms with Gasteiger partial charge >= 0.3 is 0 Å². The summed E-state index contributed by atoms with van der Waals surface area (Å²) in [7, 11) is 0. The molecule has 4 rings (SSSR count). The summed E-state index contributed by atoms with van der Waals surface area (Å²) in [6.45, 7) is -0.0249. The Morgan fingerprint density at radius 2 is 1.75 bits per heavy atom. The zero-order valence-corrected chi connectivity index (χ0v) is 16.5. The highest BCUT2D eigenvalue weighted by atomic mass is 35.5. The number of benzene rings is 2. The van der Waals surface area contributed by atoms with Crippen molar-refractivity contribution in [3.05, 3.63) is 77.4 Å². The highest BCUT2D eigenvalue weighted by Crippen LogP contribution is 2.31. The van der Waals surface area contributed by atoms with Gasteiger partial charge in [0.1, 0.15) is 0 Å². The third-order valence-corrected chi connectivity index (χ3v) is 5.48. The smallest absolute Gasteiger partial charge is 0.224 e. The molecule has 0 aliphatic carbocycles. The first kappa shape index (κ1) is 18.7. The van der Waals surface area contributed by atoms with Crippen LogP contribution in [0.3, 0.4) is 0 Å². The first-order valence-corrected chi connectivity index (χ1v) is 10.1. The second-order valence-electron chi connectivity index (χ2n) is 6.38. The number of H-pyrrole nitrogens is 1. The van der Waals surface area contributed by atoms with Gasteiger partial charge in [-0.05, 0) is 24.1 Å². The van der Waals surface area contributed by atoms with Crippen molar-refractivity contribution in [2.75, 3.05) is 11.9 Å². The molecule has 2 aromatic carbocycles. The molecule has 2 aromatic heterocycles. The Bertz CT molecular complexity index is 1040. The molecule has 142 valence electrons. The maximum Gasteiger partial charge on any atom is 0.224 e. The van der Waals surface area contributed by atoms with Crippen LogP contribution in [-0.4, -0.2) is 32.1 Å². The number of aliphatic hydroxyl groups excluding tert-OH is 1. The Kier molecular flexibility index (Phi) is 5.71. The zero-order chi connectivity index (χ0) is 19.3. The number of anilines is 1. The van der Waals surface area contributed by atoms with Gasteiger partial charge in [-0.15, -0.1) is 0 Å². The quantitative estimate of drug-likeness (QED) is 0.406. The molecule has 1 atom stereocenters. The summed E-state index contributed by atoms with van der Waals surface area (Å²) in [6.07, 6.45) is 2.58. The lowest BCUT2D eigenvalue weighted by Gasteiger charge is -2.18. The molecule has 28 heavy (non-hydrogen) atoms. The third kappa shape index (κ3) is 4.25. The summed E-state index contributed by atoms with van der Waals surface area (Å²) in [5.74, 6) is 0.468. The predicted octanol–water partition coefficient (Wildman–Crippen LogP) is 4.87. The number of aromatic nitrogens is 3. The fourth-order valence-corrected chi connectivity index (χ4v) is 3.61. The largest absolute Gasteiger partial charge is 0.394 e. The summed E-state index contributed by atoms with van der Waals surface area (Å²) in [6, 6.07) is 19.4. The molecular formula is C21H19ClN4OS. The van der Waals surface area contributed by atoms with Gasteiger partial charge in [0.2, 0.25) is 5.95 Å². The number of aliphatic hydroxyl groups is 1. The molecule has 3 N–H and O–H groups in total. The van der Waals surface area contributed by atoms with Crippen LogP contribution in [0.1, 0.15) is 5.56 Å². The standard InChI is InChI=1S/C21H19ClN4OS/c22-17-9-5-4-8-16(17)18-11-19(20-12-23-28-20)26-21(25-18)24-15(13-27)10-14-6-2-1-3-7-14/h1-9,11-12,15,23,27H,10,13H2,(H,24,25,26)/t15-/m1/s1. The summed E-state index contributed by atoms with van der Waals surface area (Å²) in [5.41, 5.74) is 3.53. The average molecular weight is 411 g/mol. The highest BCUT2D eigenvalue weighted by molar-refractivity contribution is 7.10. The molecule has 4 aromatic rings. The van der Waals surface area contributed by atoms with Gasteiger partial charge in [0.15, 0.2) is 0 Å². The third-order valence-electron chi connectivity index (χ3n) is 4.37. The second-order valence-corrected chi connectivity index (χ2v) is 7.67. The van der Waals surface area contributed by atoms with Gasteiger partial charge in [-0.1, -0.05) is 71.7 Å². The Hall–Kier alpha value is -2.67. The van der Waals surface area contributed by atoms with Gasteiger partial charge in [-0.2, -0.15) is 0 Å². The zero-order valence-electron chi connectivity index (χ0n) is 15.0. The van der Waals surface area contributed by atoms with E-state index in [4.69, 9.17) is 11.6 Å². The van der Waals surface area contributed by atoms with Crippen molar-refractivity contribution in [3.63, 3.8) is 0 Å². The summed E-state index contributed by atoms with van der Waals surface area (Å²) >= 11 is 7.89. The molecular weight excluding hydrogens is 392 g/mol.